The Balaban J connectivity index is 1.43. The lowest BCUT2D eigenvalue weighted by molar-refractivity contribution is -0.0522. The second kappa shape index (κ2) is 9.42. The van der Waals surface area contributed by atoms with E-state index in [-0.39, 0.29) is 23.7 Å². The topological polar surface area (TPSA) is 63.2 Å². The van der Waals surface area contributed by atoms with Crippen LogP contribution in [-0.4, -0.2) is 35.5 Å². The Morgan fingerprint density at radius 3 is 2.38 bits per heavy atom. The number of rotatable bonds is 5. The molecule has 3 aromatic rings. The summed E-state index contributed by atoms with van der Waals surface area (Å²) in [4.78, 5) is 13.2. The van der Waals surface area contributed by atoms with Crippen LogP contribution >= 0.6 is 0 Å². The van der Waals surface area contributed by atoms with Gasteiger partial charge in [0.15, 0.2) is 11.5 Å². The summed E-state index contributed by atoms with van der Waals surface area (Å²) >= 11 is 0. The molecule has 0 bridgehead atoms. The third-order valence-corrected chi connectivity index (χ3v) is 6.15. The SMILES string of the molecule is CC1(C)Cc2cc(NC(=O)N3CC(c4ccc(F)cc4)C(c4ccc(F)cc4)=N3)cc(OC(F)F)c2O1. The van der Waals surface area contributed by atoms with Gasteiger partial charge in [-0.2, -0.15) is 13.9 Å². The highest BCUT2D eigenvalue weighted by Gasteiger charge is 2.35. The van der Waals surface area contributed by atoms with E-state index in [9.17, 15) is 22.4 Å². The number of benzene rings is 3. The predicted octanol–water partition coefficient (Wildman–Crippen LogP) is 6.32. The molecule has 0 fully saturated rings. The van der Waals surface area contributed by atoms with Crippen LogP contribution in [0.4, 0.5) is 28.0 Å². The standard InChI is InChI=1S/C27H23F4N3O3/c1-27(2)13-17-11-20(12-22(24(17)37-27)36-25(30)31)32-26(35)34-14-21(15-3-7-18(28)8-4-15)23(33-34)16-5-9-19(29)10-6-16/h3-12,21,25H,13-14H2,1-2H3,(H,32,35). The summed E-state index contributed by atoms with van der Waals surface area (Å²) in [6.07, 6.45) is 0.439. The molecule has 1 unspecified atom stereocenters. The predicted molar refractivity (Wildman–Crippen MR) is 129 cm³/mol. The largest absolute Gasteiger partial charge is 0.483 e. The Morgan fingerprint density at radius 1 is 1.08 bits per heavy atom. The molecule has 1 N–H and O–H groups in total. The number of hydrogen-bond acceptors (Lipinski definition) is 4. The van der Waals surface area contributed by atoms with Gasteiger partial charge in [0.1, 0.15) is 17.2 Å². The van der Waals surface area contributed by atoms with Crippen LogP contribution in [-0.2, 0) is 6.42 Å². The monoisotopic (exact) mass is 513 g/mol. The van der Waals surface area contributed by atoms with Crippen molar-refractivity contribution >= 4 is 17.4 Å². The summed E-state index contributed by atoms with van der Waals surface area (Å²) in [5.41, 5.74) is 2.09. The molecular weight excluding hydrogens is 490 g/mol. The molecule has 10 heteroatoms. The Kier molecular flexibility index (Phi) is 6.26. The molecule has 2 aliphatic heterocycles. The first-order valence-electron chi connectivity index (χ1n) is 11.6. The summed E-state index contributed by atoms with van der Waals surface area (Å²) in [5, 5.41) is 8.38. The molecule has 37 heavy (non-hydrogen) atoms. The Bertz CT molecular complexity index is 1360. The molecule has 2 heterocycles. The smallest absolute Gasteiger partial charge is 0.387 e. The molecule has 2 amide bonds. The minimum absolute atomic E-state index is 0.131. The molecule has 192 valence electrons. The summed E-state index contributed by atoms with van der Waals surface area (Å²) in [6.45, 7) is 0.706. The van der Waals surface area contributed by atoms with Gasteiger partial charge < -0.3 is 14.8 Å². The van der Waals surface area contributed by atoms with E-state index >= 15 is 0 Å². The number of nitrogens with zero attached hydrogens (tertiary/aromatic N) is 2. The van der Waals surface area contributed by atoms with Gasteiger partial charge in [-0.05, 0) is 55.3 Å². The number of ether oxygens (including phenoxy) is 2. The zero-order valence-electron chi connectivity index (χ0n) is 20.0. The van der Waals surface area contributed by atoms with E-state index in [4.69, 9.17) is 4.74 Å². The lowest BCUT2D eigenvalue weighted by atomic mass is 9.90. The van der Waals surface area contributed by atoms with Crippen molar-refractivity contribution < 1.29 is 31.8 Å². The van der Waals surface area contributed by atoms with Gasteiger partial charge in [0, 0.05) is 29.7 Å². The van der Waals surface area contributed by atoms with Crippen molar-refractivity contribution in [3.05, 3.63) is 89.0 Å². The lowest BCUT2D eigenvalue weighted by Crippen LogP contribution is -2.30. The van der Waals surface area contributed by atoms with E-state index in [2.05, 4.69) is 15.2 Å². The maximum Gasteiger partial charge on any atom is 0.387 e. The van der Waals surface area contributed by atoms with Crippen LogP contribution in [0.3, 0.4) is 0 Å². The van der Waals surface area contributed by atoms with Gasteiger partial charge in [0.25, 0.3) is 0 Å². The second-order valence-corrected chi connectivity index (χ2v) is 9.49. The highest BCUT2D eigenvalue weighted by molar-refractivity contribution is 6.07. The van der Waals surface area contributed by atoms with Crippen molar-refractivity contribution in [2.75, 3.05) is 11.9 Å². The zero-order valence-corrected chi connectivity index (χ0v) is 20.0. The first-order valence-corrected chi connectivity index (χ1v) is 11.6. The number of carbonyl (C=O) groups excluding carboxylic acids is 1. The molecule has 3 aromatic carbocycles. The molecule has 0 saturated heterocycles. The zero-order chi connectivity index (χ0) is 26.3. The number of carbonyl (C=O) groups is 1. The number of alkyl halides is 2. The third-order valence-electron chi connectivity index (χ3n) is 6.15. The average molecular weight is 513 g/mol. The van der Waals surface area contributed by atoms with Gasteiger partial charge >= 0.3 is 12.6 Å². The molecule has 2 aliphatic rings. The van der Waals surface area contributed by atoms with Gasteiger partial charge in [0.2, 0.25) is 0 Å². The molecule has 0 aliphatic carbocycles. The third kappa shape index (κ3) is 5.23. The fraction of sp³-hybridized carbons (Fsp3) is 0.259. The van der Waals surface area contributed by atoms with Crippen LogP contribution in [0, 0.1) is 11.6 Å². The van der Waals surface area contributed by atoms with Crippen molar-refractivity contribution in [2.45, 2.75) is 38.4 Å². The van der Waals surface area contributed by atoms with Crippen molar-refractivity contribution in [3.8, 4) is 11.5 Å². The molecule has 6 nitrogen and oxygen atoms in total. The van der Waals surface area contributed by atoms with Crippen LogP contribution < -0.4 is 14.8 Å². The van der Waals surface area contributed by atoms with Crippen molar-refractivity contribution in [1.29, 1.82) is 0 Å². The average Bonchev–Trinajstić information content (AvgIpc) is 3.40. The van der Waals surface area contributed by atoms with Crippen molar-refractivity contribution in [1.82, 2.24) is 5.01 Å². The van der Waals surface area contributed by atoms with E-state index in [1.807, 2.05) is 13.8 Å². The molecule has 0 spiro atoms. The van der Waals surface area contributed by atoms with Gasteiger partial charge in [0.05, 0.1) is 12.3 Å². The van der Waals surface area contributed by atoms with Crippen molar-refractivity contribution in [3.63, 3.8) is 0 Å². The van der Waals surface area contributed by atoms with Gasteiger partial charge in [-0.3, -0.25) is 0 Å². The number of halogens is 4. The lowest BCUT2D eigenvalue weighted by Gasteiger charge is -2.18. The van der Waals surface area contributed by atoms with Crippen LogP contribution in [0.5, 0.6) is 11.5 Å². The molecular formula is C27H23F4N3O3. The minimum Gasteiger partial charge on any atom is -0.483 e. The van der Waals surface area contributed by atoms with E-state index in [0.29, 0.717) is 23.3 Å². The maximum absolute atomic E-state index is 13.5. The van der Waals surface area contributed by atoms with Crippen LogP contribution in [0.15, 0.2) is 65.8 Å². The number of fused-ring (bicyclic) bond motifs is 1. The van der Waals surface area contributed by atoms with Crippen LogP contribution in [0.25, 0.3) is 0 Å². The summed E-state index contributed by atoms with van der Waals surface area (Å²) in [5.74, 6) is -1.17. The highest BCUT2D eigenvalue weighted by atomic mass is 19.3. The van der Waals surface area contributed by atoms with E-state index in [1.54, 1.807) is 30.3 Å². The van der Waals surface area contributed by atoms with E-state index in [1.165, 1.54) is 35.3 Å². The molecule has 5 rings (SSSR count). The first kappa shape index (κ1) is 24.6. The molecule has 0 radical (unpaired) electrons. The Labute approximate surface area is 210 Å². The number of hydrazone groups is 1. The number of nitrogens with one attached hydrogen (secondary N) is 1. The second-order valence-electron chi connectivity index (χ2n) is 9.49. The fourth-order valence-corrected chi connectivity index (χ4v) is 4.59. The molecule has 0 saturated carbocycles. The van der Waals surface area contributed by atoms with Gasteiger partial charge in [-0.15, -0.1) is 0 Å². The number of hydrogen-bond donors (Lipinski definition) is 1. The van der Waals surface area contributed by atoms with E-state index in [0.717, 1.165) is 5.56 Å². The highest BCUT2D eigenvalue weighted by Crippen LogP contribution is 2.44. The molecule has 0 aromatic heterocycles. The number of amides is 2. The van der Waals surface area contributed by atoms with Crippen molar-refractivity contribution in [2.24, 2.45) is 5.10 Å². The Hall–Kier alpha value is -4.08. The first-order chi connectivity index (χ1) is 17.6. The summed E-state index contributed by atoms with van der Waals surface area (Å²) in [7, 11) is 0. The van der Waals surface area contributed by atoms with Crippen LogP contribution in [0.1, 0.15) is 36.5 Å². The number of urea groups is 1. The molecule has 1 atom stereocenters. The number of anilines is 1. The maximum atomic E-state index is 13.5. The van der Waals surface area contributed by atoms with Gasteiger partial charge in [-0.1, -0.05) is 24.3 Å². The van der Waals surface area contributed by atoms with E-state index < -0.39 is 35.8 Å². The minimum atomic E-state index is -3.07. The summed E-state index contributed by atoms with van der Waals surface area (Å²) in [6, 6.07) is 13.9. The Morgan fingerprint density at radius 2 is 1.73 bits per heavy atom. The van der Waals surface area contributed by atoms with Crippen LogP contribution in [0.2, 0.25) is 0 Å². The van der Waals surface area contributed by atoms with Gasteiger partial charge in [-0.25, -0.2) is 18.6 Å². The summed E-state index contributed by atoms with van der Waals surface area (Å²) < 4.78 is 63.6. The normalized spacial score (nSPS) is 17.9. The fourth-order valence-electron chi connectivity index (χ4n) is 4.59. The quantitative estimate of drug-likeness (QED) is 0.407.